The molecule has 6 nitrogen and oxygen atoms in total. The topological polar surface area (TPSA) is 97.4 Å². The highest BCUT2D eigenvalue weighted by molar-refractivity contribution is 7.91. The van der Waals surface area contributed by atoms with Crippen LogP contribution in [0.1, 0.15) is 12.0 Å². The van der Waals surface area contributed by atoms with Gasteiger partial charge in [-0.25, -0.2) is 16.8 Å². The molecule has 0 radical (unpaired) electrons. The van der Waals surface area contributed by atoms with Gasteiger partial charge in [-0.2, -0.15) is 0 Å². The molecule has 0 bridgehead atoms. The lowest BCUT2D eigenvalue weighted by Gasteiger charge is -2.07. The van der Waals surface area contributed by atoms with Gasteiger partial charge in [0.2, 0.25) is 5.91 Å². The van der Waals surface area contributed by atoms with Crippen molar-refractivity contribution >= 4 is 31.3 Å². The summed E-state index contributed by atoms with van der Waals surface area (Å²) < 4.78 is 47.2. The predicted molar refractivity (Wildman–Crippen MR) is 96.0 cm³/mol. The Bertz CT molecular complexity index is 961. The van der Waals surface area contributed by atoms with Gasteiger partial charge in [0.05, 0.1) is 15.5 Å². The Hall–Kier alpha value is -2.19. The number of hydrogen-bond donors (Lipinski definition) is 1. The molecule has 25 heavy (non-hydrogen) atoms. The van der Waals surface area contributed by atoms with Crippen LogP contribution in [-0.2, 0) is 24.5 Å². The number of anilines is 1. The van der Waals surface area contributed by atoms with Gasteiger partial charge in [0.25, 0.3) is 0 Å². The molecule has 0 fully saturated rings. The number of aryl methyl sites for hydroxylation is 1. The van der Waals surface area contributed by atoms with E-state index < -0.39 is 25.6 Å². The number of carbonyl (C=O) groups excluding carboxylic acids is 1. The molecule has 2 aromatic carbocycles. The van der Waals surface area contributed by atoms with E-state index in [-0.39, 0.29) is 22.0 Å². The van der Waals surface area contributed by atoms with Gasteiger partial charge in [-0.05, 0) is 43.3 Å². The van der Waals surface area contributed by atoms with E-state index in [1.54, 1.807) is 12.1 Å². The molecule has 0 unspecified atom stereocenters. The van der Waals surface area contributed by atoms with Crippen molar-refractivity contribution in [1.82, 2.24) is 0 Å². The molecule has 0 saturated carbocycles. The lowest BCUT2D eigenvalue weighted by Crippen LogP contribution is -2.17. The van der Waals surface area contributed by atoms with Crippen molar-refractivity contribution in [2.45, 2.75) is 23.1 Å². The van der Waals surface area contributed by atoms with Crippen molar-refractivity contribution in [2.75, 3.05) is 17.3 Å². The SMILES string of the molecule is Cc1ccc(S(=O)(=O)CCC(=O)Nc2ccc(S(C)(=O)=O)cc2)cc1. The smallest absolute Gasteiger partial charge is 0.225 e. The molecule has 2 rings (SSSR count). The number of nitrogens with one attached hydrogen (secondary N) is 1. The van der Waals surface area contributed by atoms with Crippen LogP contribution in [0.2, 0.25) is 0 Å². The number of benzene rings is 2. The zero-order chi connectivity index (χ0) is 18.7. The fourth-order valence-corrected chi connectivity index (χ4v) is 3.97. The first-order valence-corrected chi connectivity index (χ1v) is 11.0. The molecular weight excluding hydrogens is 362 g/mol. The van der Waals surface area contributed by atoms with Gasteiger partial charge < -0.3 is 5.32 Å². The molecule has 8 heteroatoms. The summed E-state index contributed by atoms with van der Waals surface area (Å²) in [6.45, 7) is 1.86. The number of hydrogen-bond acceptors (Lipinski definition) is 5. The summed E-state index contributed by atoms with van der Waals surface area (Å²) >= 11 is 0. The molecule has 134 valence electrons. The molecule has 1 amide bonds. The fourth-order valence-electron chi connectivity index (χ4n) is 2.10. The van der Waals surface area contributed by atoms with E-state index in [4.69, 9.17) is 0 Å². The molecule has 0 saturated heterocycles. The van der Waals surface area contributed by atoms with Crippen molar-refractivity contribution in [3.63, 3.8) is 0 Å². The van der Waals surface area contributed by atoms with E-state index in [9.17, 15) is 21.6 Å². The first-order chi connectivity index (χ1) is 11.6. The summed E-state index contributed by atoms with van der Waals surface area (Å²) in [5.74, 6) is -0.758. The van der Waals surface area contributed by atoms with Crippen LogP contribution in [-0.4, -0.2) is 34.8 Å². The van der Waals surface area contributed by atoms with E-state index in [1.165, 1.54) is 36.4 Å². The minimum absolute atomic E-state index is 0.146. The van der Waals surface area contributed by atoms with Crippen LogP contribution in [0.15, 0.2) is 58.3 Å². The lowest BCUT2D eigenvalue weighted by molar-refractivity contribution is -0.115. The second-order valence-corrected chi connectivity index (χ2v) is 9.85. The van der Waals surface area contributed by atoms with Crippen molar-refractivity contribution in [3.05, 3.63) is 54.1 Å². The van der Waals surface area contributed by atoms with Gasteiger partial charge in [0.1, 0.15) is 0 Å². The van der Waals surface area contributed by atoms with Crippen LogP contribution in [0.25, 0.3) is 0 Å². The highest BCUT2D eigenvalue weighted by Gasteiger charge is 2.16. The summed E-state index contributed by atoms with van der Waals surface area (Å²) in [6.07, 6.45) is 0.903. The minimum Gasteiger partial charge on any atom is -0.326 e. The van der Waals surface area contributed by atoms with Crippen molar-refractivity contribution < 1.29 is 21.6 Å². The van der Waals surface area contributed by atoms with Gasteiger partial charge in [0.15, 0.2) is 19.7 Å². The second-order valence-electron chi connectivity index (χ2n) is 5.73. The Kier molecular flexibility index (Phi) is 5.64. The van der Waals surface area contributed by atoms with E-state index in [1.807, 2.05) is 6.92 Å². The summed E-state index contributed by atoms with van der Waals surface area (Å²) in [7, 11) is -6.83. The number of sulfone groups is 2. The lowest BCUT2D eigenvalue weighted by atomic mass is 10.2. The zero-order valence-electron chi connectivity index (χ0n) is 13.9. The number of amides is 1. The van der Waals surface area contributed by atoms with Gasteiger partial charge >= 0.3 is 0 Å². The maximum Gasteiger partial charge on any atom is 0.225 e. The third-order valence-corrected chi connectivity index (χ3v) is 6.40. The Morgan fingerprint density at radius 1 is 0.880 bits per heavy atom. The van der Waals surface area contributed by atoms with E-state index in [2.05, 4.69) is 5.32 Å². The fraction of sp³-hybridized carbons (Fsp3) is 0.235. The number of carbonyl (C=O) groups is 1. The minimum atomic E-state index is -3.53. The number of rotatable bonds is 6. The average molecular weight is 381 g/mol. The quantitative estimate of drug-likeness (QED) is 0.827. The molecule has 2 aromatic rings. The maximum absolute atomic E-state index is 12.2. The normalized spacial score (nSPS) is 11.9. The first-order valence-electron chi connectivity index (χ1n) is 7.47. The van der Waals surface area contributed by atoms with Crippen molar-refractivity contribution in [3.8, 4) is 0 Å². The third-order valence-electron chi connectivity index (χ3n) is 3.54. The molecule has 0 aliphatic carbocycles. The third kappa shape index (κ3) is 5.40. The van der Waals surface area contributed by atoms with Gasteiger partial charge in [-0.15, -0.1) is 0 Å². The van der Waals surface area contributed by atoms with E-state index in [0.29, 0.717) is 5.69 Å². The van der Waals surface area contributed by atoms with Gasteiger partial charge in [0, 0.05) is 18.4 Å². The summed E-state index contributed by atoms with van der Waals surface area (Å²) in [5, 5.41) is 2.56. The average Bonchev–Trinajstić information content (AvgIpc) is 2.53. The Labute approximate surface area is 147 Å². The Balaban J connectivity index is 1.97. The van der Waals surface area contributed by atoms with Crippen LogP contribution in [0.5, 0.6) is 0 Å². The standard InChI is InChI=1S/C17H19NO5S2/c1-13-3-7-16(8-4-13)25(22,23)12-11-17(19)18-14-5-9-15(10-6-14)24(2,20)21/h3-10H,11-12H2,1-2H3,(H,18,19). The molecule has 0 spiro atoms. The monoisotopic (exact) mass is 381 g/mol. The van der Waals surface area contributed by atoms with Crippen LogP contribution in [0.3, 0.4) is 0 Å². The van der Waals surface area contributed by atoms with Crippen molar-refractivity contribution in [2.24, 2.45) is 0 Å². The largest absolute Gasteiger partial charge is 0.326 e. The van der Waals surface area contributed by atoms with Crippen LogP contribution < -0.4 is 5.32 Å². The Morgan fingerprint density at radius 3 is 1.92 bits per heavy atom. The Morgan fingerprint density at radius 2 is 1.40 bits per heavy atom. The highest BCUT2D eigenvalue weighted by atomic mass is 32.2. The van der Waals surface area contributed by atoms with Gasteiger partial charge in [-0.3, -0.25) is 4.79 Å². The van der Waals surface area contributed by atoms with E-state index >= 15 is 0 Å². The molecule has 0 aromatic heterocycles. The molecular formula is C17H19NO5S2. The van der Waals surface area contributed by atoms with E-state index in [0.717, 1.165) is 11.8 Å². The molecule has 0 heterocycles. The molecule has 0 atom stereocenters. The first kappa shape index (κ1) is 19.1. The van der Waals surface area contributed by atoms with Crippen LogP contribution >= 0.6 is 0 Å². The van der Waals surface area contributed by atoms with Crippen LogP contribution in [0.4, 0.5) is 5.69 Å². The van der Waals surface area contributed by atoms with Crippen LogP contribution in [0, 0.1) is 6.92 Å². The zero-order valence-corrected chi connectivity index (χ0v) is 15.5. The molecule has 0 aliphatic rings. The molecule has 1 N–H and O–H groups in total. The summed E-state index contributed by atoms with van der Waals surface area (Å²) in [5.41, 5.74) is 1.36. The summed E-state index contributed by atoms with van der Waals surface area (Å²) in [6, 6.07) is 12.1. The van der Waals surface area contributed by atoms with Crippen molar-refractivity contribution in [1.29, 1.82) is 0 Å². The highest BCUT2D eigenvalue weighted by Crippen LogP contribution is 2.16. The molecule has 0 aliphatic heterocycles. The summed E-state index contributed by atoms with van der Waals surface area (Å²) in [4.78, 5) is 12.3. The second kappa shape index (κ2) is 7.37. The van der Waals surface area contributed by atoms with Gasteiger partial charge in [-0.1, -0.05) is 17.7 Å². The maximum atomic E-state index is 12.2. The predicted octanol–water partition coefficient (Wildman–Crippen LogP) is 2.20.